The van der Waals surface area contributed by atoms with E-state index in [-0.39, 0.29) is 5.97 Å². The molecule has 2 unspecified atom stereocenters. The van der Waals surface area contributed by atoms with E-state index in [2.05, 4.69) is 0 Å². The fraction of sp³-hybridized carbons (Fsp3) is 0.533. The van der Waals surface area contributed by atoms with E-state index in [0.717, 1.165) is 16.7 Å². The van der Waals surface area contributed by atoms with Crippen molar-refractivity contribution < 1.29 is 14.6 Å². The molecule has 0 heterocycles. The summed E-state index contributed by atoms with van der Waals surface area (Å²) < 4.78 is 4.77. The zero-order valence-corrected chi connectivity index (χ0v) is 11.8. The minimum absolute atomic E-state index is 0.373. The Morgan fingerprint density at radius 3 is 2.22 bits per heavy atom. The maximum absolute atomic E-state index is 11.8. The standard InChI is InChI=1S/C15H22O3/c1-6-13(14(16)18-5)15(4,17)12-8-10(2)7-11(3)9-12/h7-9,13,17H,6H2,1-5H3. The Morgan fingerprint density at radius 1 is 1.33 bits per heavy atom. The van der Waals surface area contributed by atoms with E-state index in [1.807, 2.05) is 39.0 Å². The van der Waals surface area contributed by atoms with Crippen LogP contribution in [0.15, 0.2) is 18.2 Å². The third-order valence-corrected chi connectivity index (χ3v) is 3.38. The van der Waals surface area contributed by atoms with E-state index < -0.39 is 11.5 Å². The van der Waals surface area contributed by atoms with Crippen LogP contribution in [-0.4, -0.2) is 18.2 Å². The number of hydrogen-bond acceptors (Lipinski definition) is 3. The van der Waals surface area contributed by atoms with Gasteiger partial charge < -0.3 is 9.84 Å². The molecule has 18 heavy (non-hydrogen) atoms. The number of esters is 1. The first-order valence-electron chi connectivity index (χ1n) is 6.21. The Morgan fingerprint density at radius 2 is 1.83 bits per heavy atom. The lowest BCUT2D eigenvalue weighted by Gasteiger charge is -2.31. The third-order valence-electron chi connectivity index (χ3n) is 3.38. The molecule has 0 aliphatic carbocycles. The van der Waals surface area contributed by atoms with Gasteiger partial charge in [0.15, 0.2) is 0 Å². The quantitative estimate of drug-likeness (QED) is 0.836. The summed E-state index contributed by atoms with van der Waals surface area (Å²) in [6, 6.07) is 5.87. The first kappa shape index (κ1) is 14.7. The van der Waals surface area contributed by atoms with Crippen LogP contribution in [0.1, 0.15) is 37.0 Å². The van der Waals surface area contributed by atoms with Crippen LogP contribution in [0.5, 0.6) is 0 Å². The zero-order valence-electron chi connectivity index (χ0n) is 11.8. The number of rotatable bonds is 4. The number of ether oxygens (including phenoxy) is 1. The first-order chi connectivity index (χ1) is 8.32. The van der Waals surface area contributed by atoms with Crippen molar-refractivity contribution in [3.63, 3.8) is 0 Å². The fourth-order valence-electron chi connectivity index (χ4n) is 2.40. The summed E-state index contributed by atoms with van der Waals surface area (Å²) in [5.41, 5.74) is 1.70. The lowest BCUT2D eigenvalue weighted by atomic mass is 9.80. The molecule has 0 aliphatic heterocycles. The van der Waals surface area contributed by atoms with Crippen molar-refractivity contribution in [1.82, 2.24) is 0 Å². The van der Waals surface area contributed by atoms with Gasteiger partial charge in [-0.25, -0.2) is 0 Å². The normalized spacial score (nSPS) is 15.9. The lowest BCUT2D eigenvalue weighted by Crippen LogP contribution is -2.37. The summed E-state index contributed by atoms with van der Waals surface area (Å²) in [5.74, 6) is -0.926. The highest BCUT2D eigenvalue weighted by molar-refractivity contribution is 5.74. The van der Waals surface area contributed by atoms with Crippen molar-refractivity contribution in [2.24, 2.45) is 5.92 Å². The van der Waals surface area contributed by atoms with Crippen molar-refractivity contribution in [3.8, 4) is 0 Å². The Hall–Kier alpha value is -1.35. The summed E-state index contributed by atoms with van der Waals surface area (Å²) in [6.07, 6.45) is 0.534. The molecule has 0 aliphatic rings. The van der Waals surface area contributed by atoms with Crippen LogP contribution in [0.2, 0.25) is 0 Å². The summed E-state index contributed by atoms with van der Waals surface area (Å²) in [4.78, 5) is 11.8. The van der Waals surface area contributed by atoms with Gasteiger partial charge in [-0.3, -0.25) is 4.79 Å². The van der Waals surface area contributed by atoms with Crippen LogP contribution in [0, 0.1) is 19.8 Å². The number of methoxy groups -OCH3 is 1. The molecule has 0 fully saturated rings. The van der Waals surface area contributed by atoms with Gasteiger partial charge in [-0.2, -0.15) is 0 Å². The minimum Gasteiger partial charge on any atom is -0.469 e. The number of carbonyl (C=O) groups is 1. The van der Waals surface area contributed by atoms with E-state index in [0.29, 0.717) is 6.42 Å². The van der Waals surface area contributed by atoms with Crippen molar-refractivity contribution in [3.05, 3.63) is 34.9 Å². The SMILES string of the molecule is CCC(C(=O)OC)C(C)(O)c1cc(C)cc(C)c1. The van der Waals surface area contributed by atoms with E-state index in [4.69, 9.17) is 4.74 Å². The van der Waals surface area contributed by atoms with Crippen LogP contribution in [0.3, 0.4) is 0 Å². The van der Waals surface area contributed by atoms with Crippen molar-refractivity contribution in [2.45, 2.75) is 39.7 Å². The molecule has 1 aromatic carbocycles. The maximum atomic E-state index is 11.8. The minimum atomic E-state index is -1.21. The van der Waals surface area contributed by atoms with Gasteiger partial charge in [0, 0.05) is 0 Å². The van der Waals surface area contributed by atoms with Gasteiger partial charge in [-0.05, 0) is 32.8 Å². The molecule has 0 spiro atoms. The second-order valence-corrected chi connectivity index (χ2v) is 5.01. The topological polar surface area (TPSA) is 46.5 Å². The highest BCUT2D eigenvalue weighted by Crippen LogP contribution is 2.33. The monoisotopic (exact) mass is 250 g/mol. The van der Waals surface area contributed by atoms with Gasteiger partial charge in [-0.1, -0.05) is 36.2 Å². The van der Waals surface area contributed by atoms with E-state index in [9.17, 15) is 9.90 Å². The van der Waals surface area contributed by atoms with E-state index >= 15 is 0 Å². The van der Waals surface area contributed by atoms with Gasteiger partial charge in [0.2, 0.25) is 0 Å². The Balaban J connectivity index is 3.21. The predicted molar refractivity (Wildman–Crippen MR) is 71.3 cm³/mol. The molecule has 0 bridgehead atoms. The Labute approximate surface area is 109 Å². The predicted octanol–water partition coefficient (Wildman–Crippen LogP) is 2.71. The molecule has 2 atom stereocenters. The molecule has 0 amide bonds. The largest absolute Gasteiger partial charge is 0.469 e. The number of aryl methyl sites for hydroxylation is 2. The summed E-state index contributed by atoms with van der Waals surface area (Å²) in [6.45, 7) is 7.50. The molecule has 0 saturated heterocycles. The van der Waals surface area contributed by atoms with Gasteiger partial charge in [0.05, 0.1) is 13.0 Å². The van der Waals surface area contributed by atoms with Crippen LogP contribution < -0.4 is 0 Å². The molecule has 1 N–H and O–H groups in total. The zero-order chi connectivity index (χ0) is 13.9. The van der Waals surface area contributed by atoms with Crippen molar-refractivity contribution >= 4 is 5.97 Å². The van der Waals surface area contributed by atoms with E-state index in [1.165, 1.54) is 7.11 Å². The molecule has 100 valence electrons. The lowest BCUT2D eigenvalue weighted by molar-refractivity contribution is -0.155. The average molecular weight is 250 g/mol. The Kier molecular flexibility index (Phi) is 4.52. The highest BCUT2D eigenvalue weighted by atomic mass is 16.5. The average Bonchev–Trinajstić information content (AvgIpc) is 2.28. The van der Waals surface area contributed by atoms with Crippen molar-refractivity contribution in [2.75, 3.05) is 7.11 Å². The Bertz CT molecular complexity index is 415. The van der Waals surface area contributed by atoms with Crippen LogP contribution in [0.25, 0.3) is 0 Å². The van der Waals surface area contributed by atoms with Gasteiger partial charge in [-0.15, -0.1) is 0 Å². The fourth-order valence-corrected chi connectivity index (χ4v) is 2.40. The molecule has 1 rings (SSSR count). The molecule has 3 nitrogen and oxygen atoms in total. The molecule has 3 heteroatoms. The second-order valence-electron chi connectivity index (χ2n) is 5.01. The first-order valence-corrected chi connectivity index (χ1v) is 6.21. The second kappa shape index (κ2) is 5.53. The van der Waals surface area contributed by atoms with Gasteiger partial charge in [0.1, 0.15) is 5.60 Å². The highest BCUT2D eigenvalue weighted by Gasteiger charge is 2.38. The molecular formula is C15H22O3. The van der Waals surface area contributed by atoms with E-state index in [1.54, 1.807) is 6.92 Å². The molecule has 0 saturated carbocycles. The molecule has 1 aromatic rings. The smallest absolute Gasteiger partial charge is 0.311 e. The molecule has 0 radical (unpaired) electrons. The summed E-state index contributed by atoms with van der Waals surface area (Å²) in [7, 11) is 1.35. The maximum Gasteiger partial charge on any atom is 0.311 e. The number of carbonyl (C=O) groups excluding carboxylic acids is 1. The summed E-state index contributed by atoms with van der Waals surface area (Å²) >= 11 is 0. The number of benzene rings is 1. The molecule has 0 aromatic heterocycles. The van der Waals surface area contributed by atoms with Crippen LogP contribution >= 0.6 is 0 Å². The third kappa shape index (κ3) is 2.91. The van der Waals surface area contributed by atoms with Crippen molar-refractivity contribution in [1.29, 1.82) is 0 Å². The van der Waals surface area contributed by atoms with Gasteiger partial charge >= 0.3 is 5.97 Å². The summed E-state index contributed by atoms with van der Waals surface area (Å²) in [5, 5.41) is 10.7. The molecular weight excluding hydrogens is 228 g/mol. The van der Waals surface area contributed by atoms with Gasteiger partial charge in [0.25, 0.3) is 0 Å². The number of hydrogen-bond donors (Lipinski definition) is 1. The van der Waals surface area contributed by atoms with Crippen LogP contribution in [0.4, 0.5) is 0 Å². The van der Waals surface area contributed by atoms with Crippen LogP contribution in [-0.2, 0) is 15.1 Å². The number of aliphatic hydroxyl groups is 1.